The van der Waals surface area contributed by atoms with Crippen molar-refractivity contribution in [2.75, 3.05) is 6.61 Å². The summed E-state index contributed by atoms with van der Waals surface area (Å²) in [4.78, 5) is 3.95. The average molecular weight is 293 g/mol. The molecule has 0 aliphatic carbocycles. The molecule has 2 rings (SSSR count). The van der Waals surface area contributed by atoms with Crippen LogP contribution in [0.15, 0.2) is 53.3 Å². The first-order valence-electron chi connectivity index (χ1n) is 5.29. The molecule has 4 heteroatoms. The number of hydrogen-bond donors (Lipinski definition) is 1. The lowest BCUT2D eigenvalue weighted by atomic mass is 10.1. The van der Waals surface area contributed by atoms with Crippen molar-refractivity contribution in [3.05, 3.63) is 58.8 Å². The predicted molar refractivity (Wildman–Crippen MR) is 70.8 cm³/mol. The molecule has 0 saturated carbocycles. The van der Waals surface area contributed by atoms with E-state index in [0.29, 0.717) is 6.61 Å². The first-order valence-corrected chi connectivity index (χ1v) is 6.09. The molecule has 2 aromatic rings. The van der Waals surface area contributed by atoms with E-state index in [1.54, 1.807) is 12.4 Å². The second kappa shape index (κ2) is 5.80. The SMILES string of the molecule is NC(COc1ccc(Br)cc1)c1ccncc1. The second-order valence-corrected chi connectivity index (χ2v) is 4.57. The van der Waals surface area contributed by atoms with Crippen LogP contribution in [0, 0.1) is 0 Å². The molecular formula is C13H13BrN2O. The number of rotatable bonds is 4. The maximum Gasteiger partial charge on any atom is 0.119 e. The molecule has 0 saturated heterocycles. The smallest absolute Gasteiger partial charge is 0.119 e. The molecule has 1 aromatic heterocycles. The lowest BCUT2D eigenvalue weighted by Crippen LogP contribution is -2.18. The van der Waals surface area contributed by atoms with Gasteiger partial charge >= 0.3 is 0 Å². The Hall–Kier alpha value is -1.39. The monoisotopic (exact) mass is 292 g/mol. The summed E-state index contributed by atoms with van der Waals surface area (Å²) in [6.45, 7) is 0.450. The van der Waals surface area contributed by atoms with E-state index in [-0.39, 0.29) is 6.04 Å². The fourth-order valence-corrected chi connectivity index (χ4v) is 1.69. The normalized spacial score (nSPS) is 12.1. The van der Waals surface area contributed by atoms with Gasteiger partial charge in [0.1, 0.15) is 12.4 Å². The molecule has 0 aliphatic rings. The fraction of sp³-hybridized carbons (Fsp3) is 0.154. The Morgan fingerprint density at radius 2 is 1.76 bits per heavy atom. The van der Waals surface area contributed by atoms with Crippen molar-refractivity contribution in [2.45, 2.75) is 6.04 Å². The maximum atomic E-state index is 6.01. The van der Waals surface area contributed by atoms with Gasteiger partial charge in [-0.2, -0.15) is 0 Å². The molecule has 0 radical (unpaired) electrons. The van der Waals surface area contributed by atoms with Gasteiger partial charge < -0.3 is 10.5 Å². The summed E-state index contributed by atoms with van der Waals surface area (Å²) < 4.78 is 6.64. The summed E-state index contributed by atoms with van der Waals surface area (Å²) in [5, 5.41) is 0. The predicted octanol–water partition coefficient (Wildman–Crippen LogP) is 2.92. The fourth-order valence-electron chi connectivity index (χ4n) is 1.42. The van der Waals surface area contributed by atoms with Crippen LogP contribution in [0.4, 0.5) is 0 Å². The quantitative estimate of drug-likeness (QED) is 0.943. The molecule has 1 atom stereocenters. The zero-order chi connectivity index (χ0) is 12.1. The van der Waals surface area contributed by atoms with E-state index < -0.39 is 0 Å². The third kappa shape index (κ3) is 3.54. The van der Waals surface area contributed by atoms with Crippen LogP contribution < -0.4 is 10.5 Å². The third-order valence-electron chi connectivity index (χ3n) is 2.38. The van der Waals surface area contributed by atoms with Crippen LogP contribution in [0.3, 0.4) is 0 Å². The van der Waals surface area contributed by atoms with Gasteiger partial charge in [0, 0.05) is 16.9 Å². The molecule has 2 N–H and O–H groups in total. The van der Waals surface area contributed by atoms with Gasteiger partial charge in [-0.05, 0) is 42.0 Å². The number of ether oxygens (including phenoxy) is 1. The van der Waals surface area contributed by atoms with E-state index in [0.717, 1.165) is 15.8 Å². The van der Waals surface area contributed by atoms with Gasteiger partial charge in [-0.25, -0.2) is 0 Å². The van der Waals surface area contributed by atoms with Crippen molar-refractivity contribution < 1.29 is 4.74 Å². The largest absolute Gasteiger partial charge is 0.492 e. The molecule has 0 amide bonds. The summed E-state index contributed by atoms with van der Waals surface area (Å²) in [6, 6.07) is 11.3. The van der Waals surface area contributed by atoms with Crippen molar-refractivity contribution in [1.82, 2.24) is 4.98 Å². The van der Waals surface area contributed by atoms with Gasteiger partial charge in [-0.15, -0.1) is 0 Å². The van der Waals surface area contributed by atoms with Gasteiger partial charge in [0.2, 0.25) is 0 Å². The van der Waals surface area contributed by atoms with Crippen LogP contribution >= 0.6 is 15.9 Å². The zero-order valence-corrected chi connectivity index (χ0v) is 10.8. The van der Waals surface area contributed by atoms with E-state index in [4.69, 9.17) is 10.5 Å². The van der Waals surface area contributed by atoms with Crippen LogP contribution in [-0.4, -0.2) is 11.6 Å². The molecule has 0 spiro atoms. The number of pyridine rings is 1. The molecule has 1 unspecified atom stereocenters. The van der Waals surface area contributed by atoms with Crippen molar-refractivity contribution in [3.8, 4) is 5.75 Å². The summed E-state index contributed by atoms with van der Waals surface area (Å²) in [7, 11) is 0. The number of hydrogen-bond acceptors (Lipinski definition) is 3. The highest BCUT2D eigenvalue weighted by Gasteiger charge is 2.06. The lowest BCUT2D eigenvalue weighted by Gasteiger charge is -2.13. The van der Waals surface area contributed by atoms with E-state index in [1.165, 1.54) is 0 Å². The first-order chi connectivity index (χ1) is 8.25. The number of nitrogens with zero attached hydrogens (tertiary/aromatic N) is 1. The van der Waals surface area contributed by atoms with Crippen molar-refractivity contribution in [2.24, 2.45) is 5.73 Å². The number of nitrogens with two attached hydrogens (primary N) is 1. The standard InChI is InChI=1S/C13H13BrN2O/c14-11-1-3-12(4-2-11)17-9-13(15)10-5-7-16-8-6-10/h1-8,13H,9,15H2. The molecule has 0 aliphatic heterocycles. The minimum atomic E-state index is -0.137. The second-order valence-electron chi connectivity index (χ2n) is 3.65. The van der Waals surface area contributed by atoms with Crippen LogP contribution in [-0.2, 0) is 0 Å². The summed E-state index contributed by atoms with van der Waals surface area (Å²) >= 11 is 3.37. The molecule has 0 bridgehead atoms. The molecule has 17 heavy (non-hydrogen) atoms. The highest BCUT2D eigenvalue weighted by Crippen LogP contribution is 2.17. The molecule has 1 aromatic carbocycles. The minimum Gasteiger partial charge on any atom is -0.492 e. The molecule has 88 valence electrons. The van der Waals surface area contributed by atoms with Gasteiger partial charge in [-0.1, -0.05) is 15.9 Å². The summed E-state index contributed by atoms with van der Waals surface area (Å²) in [5.74, 6) is 0.817. The molecule has 1 heterocycles. The number of aromatic nitrogens is 1. The van der Waals surface area contributed by atoms with E-state index in [2.05, 4.69) is 20.9 Å². The van der Waals surface area contributed by atoms with Crippen LogP contribution in [0.25, 0.3) is 0 Å². The average Bonchev–Trinajstić information content (AvgIpc) is 2.39. The Morgan fingerprint density at radius 1 is 1.12 bits per heavy atom. The Morgan fingerprint density at radius 3 is 2.41 bits per heavy atom. The molecule has 3 nitrogen and oxygen atoms in total. The topological polar surface area (TPSA) is 48.1 Å². The van der Waals surface area contributed by atoms with Gasteiger partial charge in [-0.3, -0.25) is 4.98 Å². The Bertz CT molecular complexity index is 459. The van der Waals surface area contributed by atoms with Gasteiger partial charge in [0.05, 0.1) is 6.04 Å². The Labute approximate surface area is 109 Å². The van der Waals surface area contributed by atoms with E-state index >= 15 is 0 Å². The van der Waals surface area contributed by atoms with Gasteiger partial charge in [0.25, 0.3) is 0 Å². The maximum absolute atomic E-state index is 6.01. The van der Waals surface area contributed by atoms with Crippen molar-refractivity contribution >= 4 is 15.9 Å². The lowest BCUT2D eigenvalue weighted by molar-refractivity contribution is 0.290. The number of halogens is 1. The Kier molecular flexibility index (Phi) is 4.12. The van der Waals surface area contributed by atoms with Crippen LogP contribution in [0.1, 0.15) is 11.6 Å². The Balaban J connectivity index is 1.92. The van der Waals surface area contributed by atoms with Crippen molar-refractivity contribution in [1.29, 1.82) is 0 Å². The van der Waals surface area contributed by atoms with Crippen molar-refractivity contribution in [3.63, 3.8) is 0 Å². The van der Waals surface area contributed by atoms with E-state index in [9.17, 15) is 0 Å². The molecular weight excluding hydrogens is 280 g/mol. The number of benzene rings is 1. The third-order valence-corrected chi connectivity index (χ3v) is 2.91. The minimum absolute atomic E-state index is 0.137. The summed E-state index contributed by atoms with van der Waals surface area (Å²) in [5.41, 5.74) is 7.04. The summed E-state index contributed by atoms with van der Waals surface area (Å²) in [6.07, 6.45) is 3.46. The zero-order valence-electron chi connectivity index (χ0n) is 9.21. The highest BCUT2D eigenvalue weighted by atomic mass is 79.9. The van der Waals surface area contributed by atoms with Crippen LogP contribution in [0.5, 0.6) is 5.75 Å². The highest BCUT2D eigenvalue weighted by molar-refractivity contribution is 9.10. The van der Waals surface area contributed by atoms with Gasteiger partial charge in [0.15, 0.2) is 0 Å². The van der Waals surface area contributed by atoms with E-state index in [1.807, 2.05) is 36.4 Å². The molecule has 0 fully saturated rings. The van der Waals surface area contributed by atoms with Crippen LogP contribution in [0.2, 0.25) is 0 Å². The first kappa shape index (κ1) is 12.1.